The molecule has 0 aliphatic rings. The molecule has 0 amide bonds. The van der Waals surface area contributed by atoms with Crippen molar-refractivity contribution in [2.24, 2.45) is 0 Å². The van der Waals surface area contributed by atoms with Gasteiger partial charge in [0.2, 0.25) is 0 Å². The molecule has 0 saturated heterocycles. The Hall–Kier alpha value is -1.62. The first-order chi connectivity index (χ1) is 8.99. The summed E-state index contributed by atoms with van der Waals surface area (Å²) in [6.45, 7) is 0. The van der Waals surface area contributed by atoms with Gasteiger partial charge in [0.25, 0.3) is 0 Å². The number of nitrogens with two attached hydrogens (primary N) is 1. The minimum Gasteiger partial charge on any atom is -0.495 e. The average Bonchev–Trinajstić information content (AvgIpc) is 2.32. The predicted molar refractivity (Wildman–Crippen MR) is 74.3 cm³/mol. The van der Waals surface area contributed by atoms with E-state index >= 15 is 0 Å². The zero-order valence-corrected chi connectivity index (χ0v) is 11.8. The highest BCUT2D eigenvalue weighted by Crippen LogP contribution is 2.31. The van der Waals surface area contributed by atoms with E-state index in [4.69, 9.17) is 10.5 Å². The molecule has 0 atom stereocenters. The Morgan fingerprint density at radius 2 is 1.74 bits per heavy atom. The van der Waals surface area contributed by atoms with E-state index in [0.29, 0.717) is 23.4 Å². The fourth-order valence-electron chi connectivity index (χ4n) is 1.90. The van der Waals surface area contributed by atoms with Crippen LogP contribution >= 0.6 is 15.9 Å². The number of anilines is 1. The second-order valence-electron chi connectivity index (χ2n) is 4.14. The fourth-order valence-corrected chi connectivity index (χ4v) is 2.38. The third-order valence-electron chi connectivity index (χ3n) is 2.73. The van der Waals surface area contributed by atoms with Crippen LogP contribution in [0.25, 0.3) is 0 Å². The third kappa shape index (κ3) is 3.23. The van der Waals surface area contributed by atoms with Crippen LogP contribution < -0.4 is 10.5 Å². The molecule has 2 rings (SSSR count). The van der Waals surface area contributed by atoms with E-state index in [-0.39, 0.29) is 0 Å². The fraction of sp³-hybridized carbons (Fsp3) is 0.143. The number of hydrogen-bond acceptors (Lipinski definition) is 2. The van der Waals surface area contributed by atoms with E-state index in [1.807, 2.05) is 0 Å². The van der Waals surface area contributed by atoms with Crippen LogP contribution in [0.1, 0.15) is 11.1 Å². The van der Waals surface area contributed by atoms with Gasteiger partial charge < -0.3 is 10.5 Å². The molecular formula is C14H12BrF2NO. The highest BCUT2D eigenvalue weighted by Gasteiger charge is 2.10. The predicted octanol–water partition coefficient (Wildman–Crippen LogP) is 3.91. The number of halogens is 3. The lowest BCUT2D eigenvalue weighted by atomic mass is 10.0. The summed E-state index contributed by atoms with van der Waals surface area (Å²) in [5, 5.41) is 0. The Morgan fingerprint density at radius 1 is 1.11 bits per heavy atom. The Morgan fingerprint density at radius 3 is 2.32 bits per heavy atom. The molecule has 0 heterocycles. The molecule has 100 valence electrons. The summed E-state index contributed by atoms with van der Waals surface area (Å²) < 4.78 is 32.2. The van der Waals surface area contributed by atoms with Crippen molar-refractivity contribution in [3.05, 3.63) is 57.6 Å². The molecule has 2 nitrogen and oxygen atoms in total. The minimum absolute atomic E-state index is 0.330. The first-order valence-corrected chi connectivity index (χ1v) is 6.35. The quantitative estimate of drug-likeness (QED) is 0.867. The van der Waals surface area contributed by atoms with Gasteiger partial charge in [-0.1, -0.05) is 15.9 Å². The third-order valence-corrected chi connectivity index (χ3v) is 3.19. The maximum atomic E-state index is 13.2. The Kier molecular flexibility index (Phi) is 4.04. The smallest absolute Gasteiger partial charge is 0.143 e. The van der Waals surface area contributed by atoms with Gasteiger partial charge >= 0.3 is 0 Å². The molecule has 0 unspecified atom stereocenters. The molecule has 0 bridgehead atoms. The van der Waals surface area contributed by atoms with Gasteiger partial charge in [-0.2, -0.15) is 0 Å². The van der Waals surface area contributed by atoms with E-state index in [1.54, 1.807) is 12.1 Å². The molecule has 0 saturated carbocycles. The number of rotatable bonds is 3. The van der Waals surface area contributed by atoms with Crippen molar-refractivity contribution < 1.29 is 13.5 Å². The molecule has 0 spiro atoms. The zero-order valence-electron chi connectivity index (χ0n) is 10.2. The lowest BCUT2D eigenvalue weighted by Gasteiger charge is -2.11. The summed E-state index contributed by atoms with van der Waals surface area (Å²) in [7, 11) is 1.52. The van der Waals surface area contributed by atoms with Gasteiger partial charge in [-0.25, -0.2) is 8.78 Å². The molecule has 0 radical (unpaired) electrons. The lowest BCUT2D eigenvalue weighted by Crippen LogP contribution is -2.00. The van der Waals surface area contributed by atoms with Crippen molar-refractivity contribution in [2.75, 3.05) is 12.8 Å². The zero-order chi connectivity index (χ0) is 14.0. The van der Waals surface area contributed by atoms with Crippen LogP contribution in [-0.2, 0) is 6.42 Å². The van der Waals surface area contributed by atoms with Gasteiger partial charge in [-0.3, -0.25) is 0 Å². The normalized spacial score (nSPS) is 10.5. The minimum atomic E-state index is -0.601. The van der Waals surface area contributed by atoms with Crippen molar-refractivity contribution in [3.8, 4) is 5.75 Å². The van der Waals surface area contributed by atoms with E-state index in [0.717, 1.165) is 16.1 Å². The summed E-state index contributed by atoms with van der Waals surface area (Å²) in [6.07, 6.45) is 0.330. The number of methoxy groups -OCH3 is 1. The Balaban J connectivity index is 2.40. The highest BCUT2D eigenvalue weighted by atomic mass is 79.9. The van der Waals surface area contributed by atoms with Crippen LogP contribution in [0.2, 0.25) is 0 Å². The van der Waals surface area contributed by atoms with E-state index < -0.39 is 11.6 Å². The second kappa shape index (κ2) is 5.57. The number of nitrogen functional groups attached to an aromatic ring is 1. The second-order valence-corrected chi connectivity index (χ2v) is 5.05. The number of ether oxygens (including phenoxy) is 1. The summed E-state index contributed by atoms with van der Waals surface area (Å²) in [6, 6.07) is 6.96. The van der Waals surface area contributed by atoms with Crippen molar-refractivity contribution in [1.82, 2.24) is 0 Å². The van der Waals surface area contributed by atoms with E-state index in [2.05, 4.69) is 15.9 Å². The molecular weight excluding hydrogens is 316 g/mol. The monoisotopic (exact) mass is 327 g/mol. The molecule has 2 N–H and O–H groups in total. The number of hydrogen-bond donors (Lipinski definition) is 1. The van der Waals surface area contributed by atoms with Crippen LogP contribution in [-0.4, -0.2) is 7.11 Å². The Labute approximate surface area is 118 Å². The van der Waals surface area contributed by atoms with E-state index in [9.17, 15) is 8.78 Å². The SMILES string of the molecule is COc1cc(Br)cc(Cc2cc(F)cc(F)c2)c1N. The first kappa shape index (κ1) is 13.8. The van der Waals surface area contributed by atoms with Gasteiger partial charge in [0.1, 0.15) is 17.4 Å². The maximum absolute atomic E-state index is 13.2. The van der Waals surface area contributed by atoms with Gasteiger partial charge in [-0.05, 0) is 41.8 Å². The average molecular weight is 328 g/mol. The molecule has 0 aliphatic heterocycles. The lowest BCUT2D eigenvalue weighted by molar-refractivity contribution is 0.416. The molecule has 2 aromatic rings. The summed E-state index contributed by atoms with van der Waals surface area (Å²) >= 11 is 3.35. The standard InChI is InChI=1S/C14H12BrF2NO/c1-19-13-6-10(15)5-9(14(13)18)2-8-3-11(16)7-12(17)4-8/h3-7H,2,18H2,1H3. The Bertz CT molecular complexity index is 596. The maximum Gasteiger partial charge on any atom is 0.143 e. The van der Waals surface area contributed by atoms with Crippen LogP contribution in [0.4, 0.5) is 14.5 Å². The van der Waals surface area contributed by atoms with Crippen LogP contribution in [0.3, 0.4) is 0 Å². The van der Waals surface area contributed by atoms with Crippen molar-refractivity contribution in [2.45, 2.75) is 6.42 Å². The van der Waals surface area contributed by atoms with Gasteiger partial charge in [-0.15, -0.1) is 0 Å². The highest BCUT2D eigenvalue weighted by molar-refractivity contribution is 9.10. The molecule has 0 fully saturated rings. The molecule has 0 aromatic heterocycles. The van der Waals surface area contributed by atoms with Gasteiger partial charge in [0.05, 0.1) is 12.8 Å². The van der Waals surface area contributed by atoms with Crippen molar-refractivity contribution in [3.63, 3.8) is 0 Å². The van der Waals surface area contributed by atoms with Gasteiger partial charge in [0.15, 0.2) is 0 Å². The van der Waals surface area contributed by atoms with Crippen LogP contribution in [0.15, 0.2) is 34.8 Å². The van der Waals surface area contributed by atoms with Crippen molar-refractivity contribution >= 4 is 21.6 Å². The molecule has 0 aliphatic carbocycles. The van der Waals surface area contributed by atoms with Crippen LogP contribution in [0.5, 0.6) is 5.75 Å². The summed E-state index contributed by atoms with van der Waals surface area (Å²) in [5.41, 5.74) is 7.69. The van der Waals surface area contributed by atoms with Crippen LogP contribution in [0, 0.1) is 11.6 Å². The molecule has 5 heteroatoms. The van der Waals surface area contributed by atoms with Gasteiger partial charge in [0, 0.05) is 10.5 Å². The summed E-state index contributed by atoms with van der Waals surface area (Å²) in [5.74, 6) is -0.674. The van der Waals surface area contributed by atoms with Crippen molar-refractivity contribution in [1.29, 1.82) is 0 Å². The largest absolute Gasteiger partial charge is 0.495 e. The first-order valence-electron chi connectivity index (χ1n) is 5.56. The number of benzene rings is 2. The molecule has 19 heavy (non-hydrogen) atoms. The summed E-state index contributed by atoms with van der Waals surface area (Å²) in [4.78, 5) is 0. The van der Waals surface area contributed by atoms with E-state index in [1.165, 1.54) is 19.2 Å². The molecule has 2 aromatic carbocycles. The topological polar surface area (TPSA) is 35.2 Å².